The van der Waals surface area contributed by atoms with Gasteiger partial charge in [-0.25, -0.2) is 0 Å². The average Bonchev–Trinajstić information content (AvgIpc) is 3.02. The summed E-state index contributed by atoms with van der Waals surface area (Å²) in [6.07, 6.45) is 1.86. The fourth-order valence-electron chi connectivity index (χ4n) is 6.23. The Kier molecular flexibility index (Phi) is 26.2. The highest BCUT2D eigenvalue weighted by Gasteiger charge is 2.54. The van der Waals surface area contributed by atoms with Crippen LogP contribution >= 0.6 is 0 Å². The largest absolute Gasteiger partial charge is 0.502 e. The van der Waals surface area contributed by atoms with Crippen molar-refractivity contribution < 1.29 is 43.9 Å². The first-order valence-corrected chi connectivity index (χ1v) is 31.9. The third-order valence-corrected chi connectivity index (χ3v) is 31.3. The van der Waals surface area contributed by atoms with E-state index in [1.54, 1.807) is 21.3 Å². The molecule has 48 heavy (non-hydrogen) atoms. The monoisotopic (exact) mass is 792 g/mol. The summed E-state index contributed by atoms with van der Waals surface area (Å²) < 4.78 is 61.1. The molecule has 290 valence electrons. The number of hydrogen-bond acceptors (Lipinski definition) is 12. The maximum atomic E-state index is 7.07. The van der Waals surface area contributed by atoms with Gasteiger partial charge in [0.25, 0.3) is 0 Å². The Morgan fingerprint density at radius 3 is 1.23 bits per heavy atom. The van der Waals surface area contributed by atoms with Crippen LogP contribution in [0.4, 0.5) is 0 Å². The molecule has 0 aromatic rings. The Hall–Kier alpha value is 0.821. The van der Waals surface area contributed by atoms with Crippen molar-refractivity contribution in [3.8, 4) is 0 Å². The maximum absolute atomic E-state index is 7.07. The zero-order valence-corrected chi connectivity index (χ0v) is 39.8. The molecule has 0 aliphatic carbocycles. The highest BCUT2D eigenvalue weighted by molar-refractivity contribution is 6.93. The molecule has 0 radical (unpaired) electrons. The minimum atomic E-state index is -2.80. The Balaban J connectivity index is 5.54. The van der Waals surface area contributed by atoms with Crippen LogP contribution in [0.2, 0.25) is 55.5 Å². The fraction of sp³-hybridized carbons (Fsp3) is 1.00. The van der Waals surface area contributed by atoms with Gasteiger partial charge in [0.05, 0.1) is 9.52 Å². The third kappa shape index (κ3) is 17.6. The van der Waals surface area contributed by atoms with Gasteiger partial charge >= 0.3 is 26.4 Å². The quantitative estimate of drug-likeness (QED) is 0.0521. The van der Waals surface area contributed by atoms with Gasteiger partial charge in [0.2, 0.25) is 0 Å². The van der Waals surface area contributed by atoms with Crippen LogP contribution in [0, 0.1) is 0 Å². The van der Waals surface area contributed by atoms with E-state index in [9.17, 15) is 0 Å². The zero-order valence-electron chi connectivity index (χ0n) is 33.3. The SMILES string of the molecule is CCO[Si](CCCNC(NCCC[Si](OCC)(OCC)OCC)[SiH2]CC[Si](C)(C)O[Si](C)(C)C(C)[Si](OC)(OC)OC)(OCC)OCC. The molecule has 0 saturated carbocycles. The minimum Gasteiger partial charge on any atom is -0.455 e. The summed E-state index contributed by atoms with van der Waals surface area (Å²) in [6, 6.07) is 3.91. The molecule has 1 unspecified atom stereocenters. The topological polar surface area (TPSA) is 116 Å². The first-order chi connectivity index (χ1) is 22.7. The van der Waals surface area contributed by atoms with Crippen LogP contribution in [0.3, 0.4) is 0 Å². The van der Waals surface area contributed by atoms with Crippen molar-refractivity contribution in [2.24, 2.45) is 0 Å². The van der Waals surface area contributed by atoms with E-state index >= 15 is 0 Å². The van der Waals surface area contributed by atoms with Crippen LogP contribution in [0.25, 0.3) is 0 Å². The summed E-state index contributed by atoms with van der Waals surface area (Å²) in [6.45, 7) is 28.8. The van der Waals surface area contributed by atoms with Crippen molar-refractivity contribution in [1.29, 1.82) is 0 Å². The van der Waals surface area contributed by atoms with Crippen molar-refractivity contribution in [2.75, 3.05) is 74.1 Å². The van der Waals surface area contributed by atoms with Gasteiger partial charge in [-0.3, -0.25) is 0 Å². The Labute approximate surface area is 302 Å². The molecule has 0 rings (SSSR count). The Morgan fingerprint density at radius 2 is 0.917 bits per heavy atom. The van der Waals surface area contributed by atoms with Gasteiger partial charge in [-0.2, -0.15) is 0 Å². The normalized spacial score (nSPS) is 14.6. The van der Waals surface area contributed by atoms with Gasteiger partial charge in [0.15, 0.2) is 16.6 Å². The average molecular weight is 793 g/mol. The highest BCUT2D eigenvalue weighted by atomic mass is 28.5. The van der Waals surface area contributed by atoms with Crippen molar-refractivity contribution in [3.05, 3.63) is 0 Å². The predicted molar refractivity (Wildman–Crippen MR) is 210 cm³/mol. The van der Waals surface area contributed by atoms with Crippen molar-refractivity contribution in [3.63, 3.8) is 0 Å². The minimum absolute atomic E-state index is 0.117. The van der Waals surface area contributed by atoms with Crippen LogP contribution in [0.5, 0.6) is 0 Å². The first kappa shape index (κ1) is 48.8. The zero-order chi connectivity index (χ0) is 36.7. The van der Waals surface area contributed by atoms with Gasteiger partial charge in [-0.05, 0) is 99.7 Å². The van der Waals surface area contributed by atoms with Gasteiger partial charge in [-0.1, -0.05) is 13.0 Å². The molecular formula is C30H76N2O10Si6. The number of rotatable bonds is 33. The van der Waals surface area contributed by atoms with E-state index in [-0.39, 0.29) is 5.16 Å². The van der Waals surface area contributed by atoms with Gasteiger partial charge < -0.3 is 54.6 Å². The van der Waals surface area contributed by atoms with Crippen molar-refractivity contribution in [2.45, 2.75) is 123 Å². The second kappa shape index (κ2) is 25.7. The second-order valence-corrected chi connectivity index (χ2v) is 33.3. The molecule has 0 aromatic carbocycles. The van der Waals surface area contributed by atoms with Gasteiger partial charge in [0, 0.05) is 84.0 Å². The molecule has 0 aliphatic heterocycles. The van der Waals surface area contributed by atoms with Gasteiger partial charge in [-0.15, -0.1) is 0 Å². The van der Waals surface area contributed by atoms with Gasteiger partial charge in [0.1, 0.15) is 0 Å². The second-order valence-electron chi connectivity index (χ2n) is 12.9. The van der Waals surface area contributed by atoms with E-state index in [4.69, 9.17) is 43.9 Å². The molecule has 18 heteroatoms. The standard InChI is InChI=1S/C30H76N2O10Si6/c1-15-36-46(37-16-2,38-17-3)26-21-23-31-30(32-24-22-27-47(39-18-4,40-19-5)41-20-6)43-25-28-44(11,12)42-45(13,14)29(7)48(33-8,34-9)35-10/h29-32H,15-28,43H2,1-14H3. The Bertz CT molecular complexity index is 729. The van der Waals surface area contributed by atoms with Crippen molar-refractivity contribution in [1.82, 2.24) is 10.6 Å². The van der Waals surface area contributed by atoms with Crippen LogP contribution in [-0.4, -0.2) is 132 Å². The van der Waals surface area contributed by atoms with Crippen molar-refractivity contribution >= 4 is 52.6 Å². The molecule has 0 bridgehead atoms. The van der Waals surface area contributed by atoms with Crippen LogP contribution in [0.1, 0.15) is 61.3 Å². The molecule has 0 fully saturated rings. The van der Waals surface area contributed by atoms with E-state index in [1.165, 1.54) is 6.04 Å². The Morgan fingerprint density at radius 1 is 0.562 bits per heavy atom. The van der Waals surface area contributed by atoms with E-state index in [2.05, 4.69) is 43.7 Å². The first-order valence-electron chi connectivity index (χ1n) is 18.4. The van der Waals surface area contributed by atoms with Crippen LogP contribution in [0.15, 0.2) is 0 Å². The lowest BCUT2D eigenvalue weighted by atomic mass is 10.4. The molecule has 0 heterocycles. The number of hydrogen-bond donors (Lipinski definition) is 2. The summed E-state index contributed by atoms with van der Waals surface area (Å²) >= 11 is 0. The summed E-state index contributed by atoms with van der Waals surface area (Å²) in [7, 11) is -7.74. The summed E-state index contributed by atoms with van der Waals surface area (Å²) in [5.74, 6) is 0.291. The summed E-state index contributed by atoms with van der Waals surface area (Å²) in [4.78, 5) is 0. The molecule has 0 aliphatic rings. The molecule has 0 aromatic heterocycles. The molecule has 0 saturated heterocycles. The molecule has 1 atom stereocenters. The highest BCUT2D eigenvalue weighted by Crippen LogP contribution is 2.36. The smallest absolute Gasteiger partial charge is 0.455 e. The molecule has 0 spiro atoms. The predicted octanol–water partition coefficient (Wildman–Crippen LogP) is 5.15. The summed E-state index contributed by atoms with van der Waals surface area (Å²) in [5, 5.41) is 7.82. The number of nitrogens with one attached hydrogen (secondary N) is 2. The van der Waals surface area contributed by atoms with Crippen LogP contribution in [-0.2, 0) is 43.9 Å². The van der Waals surface area contributed by atoms with E-state index in [1.807, 2.05) is 41.5 Å². The lowest BCUT2D eigenvalue weighted by molar-refractivity contribution is 0.0701. The maximum Gasteiger partial charge on any atom is 0.502 e. The van der Waals surface area contributed by atoms with E-state index in [0.29, 0.717) is 45.4 Å². The third-order valence-electron chi connectivity index (χ3n) is 8.52. The lowest BCUT2D eigenvalue weighted by Crippen LogP contribution is -2.59. The molecule has 0 amide bonds. The summed E-state index contributed by atoms with van der Waals surface area (Å²) in [5.41, 5.74) is 0. The molecule has 12 nitrogen and oxygen atoms in total. The molecule has 2 N–H and O–H groups in total. The van der Waals surface area contributed by atoms with Crippen LogP contribution < -0.4 is 10.6 Å². The lowest BCUT2D eigenvalue weighted by Gasteiger charge is -2.42. The van der Waals surface area contributed by atoms with E-state index in [0.717, 1.165) is 44.1 Å². The fourth-order valence-corrected chi connectivity index (χ4v) is 30.3. The van der Waals surface area contributed by atoms with E-state index < -0.39 is 52.6 Å². The molecular weight excluding hydrogens is 717 g/mol.